The quantitative estimate of drug-likeness (QED) is 0.753. The van der Waals surface area contributed by atoms with Crippen molar-refractivity contribution in [3.8, 4) is 5.75 Å². The van der Waals surface area contributed by atoms with E-state index in [0.717, 1.165) is 32.1 Å². The van der Waals surface area contributed by atoms with E-state index in [9.17, 15) is 19.8 Å². The molecule has 1 atom stereocenters. The number of hydrogen-bond acceptors (Lipinski definition) is 5. The van der Waals surface area contributed by atoms with Gasteiger partial charge in [-0.3, -0.25) is 0 Å². The number of hydrogen-bond donors (Lipinski definition) is 3. The Bertz CT molecular complexity index is 659. The largest absolute Gasteiger partial charge is 0.479 e. The summed E-state index contributed by atoms with van der Waals surface area (Å²) in [6, 6.07) is 3.82. The fourth-order valence-electron chi connectivity index (χ4n) is 3.68. The third-order valence-corrected chi connectivity index (χ3v) is 5.09. The summed E-state index contributed by atoms with van der Waals surface area (Å²) in [4.78, 5) is 22.4. The summed E-state index contributed by atoms with van der Waals surface area (Å²) in [6.45, 7) is -0.0112. The summed E-state index contributed by atoms with van der Waals surface area (Å²) in [6.07, 6.45) is 4.66. The first-order valence-electron chi connectivity index (χ1n) is 7.97. The van der Waals surface area contributed by atoms with Crippen LogP contribution in [0.25, 0.3) is 0 Å². The molecule has 7 heteroatoms. The van der Waals surface area contributed by atoms with Gasteiger partial charge in [0.2, 0.25) is 0 Å². The highest BCUT2D eigenvalue weighted by atomic mass is 16.6. The lowest BCUT2D eigenvalue weighted by atomic mass is 9.69. The minimum absolute atomic E-state index is 0.222. The summed E-state index contributed by atoms with van der Waals surface area (Å²) in [5, 5.41) is 28.2. The summed E-state index contributed by atoms with van der Waals surface area (Å²) in [5.74, 6) is -2.43. The molecule has 1 saturated carbocycles. The van der Waals surface area contributed by atoms with E-state index in [4.69, 9.17) is 14.6 Å². The normalized spacial score (nSPS) is 25.0. The topological polar surface area (TPSA) is 113 Å². The smallest absolute Gasteiger partial charge is 0.336 e. The SMILES string of the molecule is O=C(O)c1ccc(OC2(CO)COC23CCCCC3)cc1C(=O)O. The predicted octanol–water partition coefficient (Wildman–Crippen LogP) is 1.93. The molecule has 0 bridgehead atoms. The highest BCUT2D eigenvalue weighted by molar-refractivity contribution is 6.02. The third kappa shape index (κ3) is 2.53. The molecule has 1 heterocycles. The van der Waals surface area contributed by atoms with Crippen molar-refractivity contribution in [3.05, 3.63) is 29.3 Å². The highest BCUT2D eigenvalue weighted by Crippen LogP contribution is 2.49. The lowest BCUT2D eigenvalue weighted by molar-refractivity contribution is -0.313. The van der Waals surface area contributed by atoms with Crippen LogP contribution in [0.15, 0.2) is 18.2 Å². The maximum absolute atomic E-state index is 11.3. The van der Waals surface area contributed by atoms with Crippen LogP contribution in [0.2, 0.25) is 0 Å². The Labute approximate surface area is 138 Å². The van der Waals surface area contributed by atoms with Gasteiger partial charge < -0.3 is 24.8 Å². The zero-order chi connectivity index (χ0) is 17.4. The Morgan fingerprint density at radius 2 is 1.75 bits per heavy atom. The number of aliphatic hydroxyl groups is 1. The predicted molar refractivity (Wildman–Crippen MR) is 82.6 cm³/mol. The van der Waals surface area contributed by atoms with Gasteiger partial charge in [0, 0.05) is 0 Å². The Morgan fingerprint density at radius 1 is 1.08 bits per heavy atom. The molecule has 1 aliphatic carbocycles. The number of benzene rings is 1. The van der Waals surface area contributed by atoms with Crippen molar-refractivity contribution < 1.29 is 34.4 Å². The van der Waals surface area contributed by atoms with Gasteiger partial charge in [0.05, 0.1) is 24.3 Å². The molecule has 0 amide bonds. The molecule has 24 heavy (non-hydrogen) atoms. The van der Waals surface area contributed by atoms with E-state index < -0.39 is 23.1 Å². The zero-order valence-electron chi connectivity index (χ0n) is 13.2. The summed E-state index contributed by atoms with van der Waals surface area (Å²) < 4.78 is 11.8. The second-order valence-corrected chi connectivity index (χ2v) is 6.42. The lowest BCUT2D eigenvalue weighted by Gasteiger charge is -2.58. The van der Waals surface area contributed by atoms with Crippen LogP contribution in [-0.4, -0.2) is 51.7 Å². The molecule has 3 N–H and O–H groups in total. The Kier molecular flexibility index (Phi) is 4.23. The Hall–Kier alpha value is -2.12. The maximum Gasteiger partial charge on any atom is 0.336 e. The second kappa shape index (κ2) is 6.07. The maximum atomic E-state index is 11.3. The molecular weight excluding hydrogens is 316 g/mol. The molecule has 2 aliphatic rings. The van der Waals surface area contributed by atoms with Crippen molar-refractivity contribution in [1.29, 1.82) is 0 Å². The van der Waals surface area contributed by atoms with Gasteiger partial charge >= 0.3 is 11.9 Å². The fourth-order valence-corrected chi connectivity index (χ4v) is 3.68. The van der Waals surface area contributed by atoms with Gasteiger partial charge in [0.1, 0.15) is 11.4 Å². The average molecular weight is 336 g/mol. The van der Waals surface area contributed by atoms with Gasteiger partial charge in [0.15, 0.2) is 5.60 Å². The molecule has 130 valence electrons. The monoisotopic (exact) mass is 336 g/mol. The Balaban J connectivity index is 1.91. The molecule has 1 unspecified atom stereocenters. The molecule has 0 aromatic heterocycles. The van der Waals surface area contributed by atoms with E-state index in [0.29, 0.717) is 0 Å². The molecular formula is C17H20O7. The van der Waals surface area contributed by atoms with Gasteiger partial charge in [-0.25, -0.2) is 9.59 Å². The van der Waals surface area contributed by atoms with Crippen molar-refractivity contribution in [2.75, 3.05) is 13.2 Å². The zero-order valence-corrected chi connectivity index (χ0v) is 13.2. The van der Waals surface area contributed by atoms with Crippen LogP contribution in [0.3, 0.4) is 0 Å². The van der Waals surface area contributed by atoms with Gasteiger partial charge in [-0.05, 0) is 31.0 Å². The number of carboxylic acid groups (broad SMARTS) is 2. The standard InChI is InChI=1S/C17H20O7/c18-9-17(10-23-16(17)6-2-1-3-7-16)24-11-4-5-12(14(19)20)13(8-11)15(21)22/h4-5,8,18H,1-3,6-7,9-10H2,(H,19,20)(H,21,22). The van der Waals surface area contributed by atoms with Crippen molar-refractivity contribution in [2.45, 2.75) is 43.3 Å². The number of rotatable bonds is 5. The molecule has 2 fully saturated rings. The summed E-state index contributed by atoms with van der Waals surface area (Å²) in [5.41, 5.74) is -2.10. The molecule has 1 aromatic rings. The van der Waals surface area contributed by atoms with Gasteiger partial charge in [-0.1, -0.05) is 19.3 Å². The second-order valence-electron chi connectivity index (χ2n) is 6.42. The summed E-state index contributed by atoms with van der Waals surface area (Å²) >= 11 is 0. The van der Waals surface area contributed by atoms with E-state index in [-0.39, 0.29) is 30.1 Å². The number of carboxylic acids is 2. The van der Waals surface area contributed by atoms with E-state index >= 15 is 0 Å². The molecule has 1 aromatic carbocycles. The number of carbonyl (C=O) groups is 2. The van der Waals surface area contributed by atoms with Crippen molar-refractivity contribution in [3.63, 3.8) is 0 Å². The fraction of sp³-hybridized carbons (Fsp3) is 0.529. The molecule has 1 saturated heterocycles. The highest BCUT2D eigenvalue weighted by Gasteiger charge is 2.62. The van der Waals surface area contributed by atoms with Crippen LogP contribution in [-0.2, 0) is 4.74 Å². The first-order valence-corrected chi connectivity index (χ1v) is 7.97. The molecule has 7 nitrogen and oxygen atoms in total. The van der Waals surface area contributed by atoms with Crippen molar-refractivity contribution in [1.82, 2.24) is 0 Å². The van der Waals surface area contributed by atoms with Gasteiger partial charge in [0.25, 0.3) is 0 Å². The third-order valence-electron chi connectivity index (χ3n) is 5.09. The van der Waals surface area contributed by atoms with Crippen LogP contribution in [0, 0.1) is 0 Å². The van der Waals surface area contributed by atoms with E-state index in [1.807, 2.05) is 0 Å². The first-order chi connectivity index (χ1) is 11.4. The number of aromatic carboxylic acids is 2. The Morgan fingerprint density at radius 3 is 2.25 bits per heavy atom. The van der Waals surface area contributed by atoms with E-state index in [1.165, 1.54) is 18.2 Å². The minimum atomic E-state index is -1.34. The van der Waals surface area contributed by atoms with Crippen LogP contribution in [0.1, 0.15) is 52.8 Å². The summed E-state index contributed by atoms with van der Waals surface area (Å²) in [7, 11) is 0. The van der Waals surface area contributed by atoms with Crippen LogP contribution < -0.4 is 4.74 Å². The van der Waals surface area contributed by atoms with Gasteiger partial charge in [-0.15, -0.1) is 0 Å². The van der Waals surface area contributed by atoms with Crippen molar-refractivity contribution >= 4 is 11.9 Å². The van der Waals surface area contributed by atoms with Crippen molar-refractivity contribution in [2.24, 2.45) is 0 Å². The van der Waals surface area contributed by atoms with Crippen LogP contribution in [0.5, 0.6) is 5.75 Å². The van der Waals surface area contributed by atoms with E-state index in [1.54, 1.807) is 0 Å². The van der Waals surface area contributed by atoms with Crippen LogP contribution >= 0.6 is 0 Å². The number of ether oxygens (including phenoxy) is 2. The minimum Gasteiger partial charge on any atom is -0.479 e. The molecule has 1 aliphatic heterocycles. The molecule has 1 spiro atoms. The van der Waals surface area contributed by atoms with Gasteiger partial charge in [-0.2, -0.15) is 0 Å². The van der Waals surface area contributed by atoms with E-state index in [2.05, 4.69) is 0 Å². The number of aliphatic hydroxyl groups excluding tert-OH is 1. The lowest BCUT2D eigenvalue weighted by Crippen LogP contribution is -2.74. The molecule has 0 radical (unpaired) electrons. The van der Waals surface area contributed by atoms with Crippen LogP contribution in [0.4, 0.5) is 0 Å². The average Bonchev–Trinajstić information content (AvgIpc) is 2.59. The first kappa shape index (κ1) is 16.7. The molecule has 3 rings (SSSR count).